The predicted molar refractivity (Wildman–Crippen MR) is 116 cm³/mol. The summed E-state index contributed by atoms with van der Waals surface area (Å²) in [5, 5.41) is 8.21. The number of carbonyl (C=O) groups excluding carboxylic acids is 2. The molecule has 11 heteroatoms. The molecule has 0 bridgehead atoms. The van der Waals surface area contributed by atoms with E-state index in [2.05, 4.69) is 16.0 Å². The Morgan fingerprint density at radius 1 is 1.23 bits per heavy atom. The van der Waals surface area contributed by atoms with Crippen molar-refractivity contribution in [2.24, 2.45) is 0 Å². The minimum atomic E-state index is -3.75. The number of anilines is 2. The van der Waals surface area contributed by atoms with Gasteiger partial charge < -0.3 is 20.7 Å². The second-order valence-corrected chi connectivity index (χ2v) is 9.50. The van der Waals surface area contributed by atoms with E-state index in [0.717, 1.165) is 12.1 Å². The quantitative estimate of drug-likeness (QED) is 0.511. The normalized spacial score (nSPS) is 15.6. The maximum Gasteiger partial charge on any atom is 0.251 e. The van der Waals surface area contributed by atoms with Crippen LogP contribution in [0.4, 0.5) is 15.8 Å². The summed E-state index contributed by atoms with van der Waals surface area (Å²) in [5.41, 5.74) is 1.46. The third-order valence-electron chi connectivity index (χ3n) is 4.59. The summed E-state index contributed by atoms with van der Waals surface area (Å²) in [6, 6.07) is 7.10. The minimum Gasteiger partial charge on any atom is -0.383 e. The molecule has 3 N–H and O–H groups in total. The number of nitrogens with one attached hydrogen (secondary N) is 3. The first-order chi connectivity index (χ1) is 14.7. The SMILES string of the molecule is COCCNC(=O)c1ccc2c(c1)NC(=O)[C@H](CS(=O)(=O)Cc1ccc(F)cc1Cl)N2. The molecule has 1 aliphatic rings. The molecule has 2 aromatic carbocycles. The van der Waals surface area contributed by atoms with Gasteiger partial charge in [-0.1, -0.05) is 17.7 Å². The Labute approximate surface area is 184 Å². The van der Waals surface area contributed by atoms with Crippen molar-refractivity contribution in [1.82, 2.24) is 5.32 Å². The number of sulfone groups is 1. The molecule has 1 aliphatic heterocycles. The first-order valence-corrected chi connectivity index (χ1v) is 11.5. The molecule has 0 aliphatic carbocycles. The Morgan fingerprint density at radius 3 is 2.71 bits per heavy atom. The Balaban J connectivity index is 1.69. The number of carbonyl (C=O) groups is 2. The van der Waals surface area contributed by atoms with Crippen molar-refractivity contribution in [3.63, 3.8) is 0 Å². The van der Waals surface area contributed by atoms with Crippen molar-refractivity contribution in [3.8, 4) is 0 Å². The molecular formula is C20H21ClFN3O5S. The highest BCUT2D eigenvalue weighted by molar-refractivity contribution is 7.90. The van der Waals surface area contributed by atoms with Crippen LogP contribution >= 0.6 is 11.6 Å². The highest BCUT2D eigenvalue weighted by Gasteiger charge is 2.31. The van der Waals surface area contributed by atoms with E-state index in [-0.39, 0.29) is 16.5 Å². The van der Waals surface area contributed by atoms with Crippen molar-refractivity contribution in [2.45, 2.75) is 11.8 Å². The van der Waals surface area contributed by atoms with Crippen LogP contribution in [0.5, 0.6) is 0 Å². The molecule has 0 radical (unpaired) electrons. The van der Waals surface area contributed by atoms with Gasteiger partial charge >= 0.3 is 0 Å². The molecule has 1 atom stereocenters. The lowest BCUT2D eigenvalue weighted by atomic mass is 10.1. The number of fused-ring (bicyclic) bond motifs is 1. The molecule has 8 nitrogen and oxygen atoms in total. The lowest BCUT2D eigenvalue weighted by molar-refractivity contribution is -0.116. The molecule has 0 saturated heterocycles. The van der Waals surface area contributed by atoms with Crippen LogP contribution in [0.15, 0.2) is 36.4 Å². The van der Waals surface area contributed by atoms with Gasteiger partial charge in [0.2, 0.25) is 5.91 Å². The van der Waals surface area contributed by atoms with Gasteiger partial charge in [-0.2, -0.15) is 0 Å². The molecule has 3 rings (SSSR count). The fourth-order valence-electron chi connectivity index (χ4n) is 3.06. The zero-order valence-electron chi connectivity index (χ0n) is 16.6. The molecule has 0 fully saturated rings. The Morgan fingerprint density at radius 2 is 2.00 bits per heavy atom. The second kappa shape index (κ2) is 9.63. The number of methoxy groups -OCH3 is 1. The van der Waals surface area contributed by atoms with Crippen LogP contribution in [0.1, 0.15) is 15.9 Å². The van der Waals surface area contributed by atoms with Gasteiger partial charge in [0.25, 0.3) is 5.91 Å². The first-order valence-electron chi connectivity index (χ1n) is 9.31. The van der Waals surface area contributed by atoms with E-state index in [4.69, 9.17) is 16.3 Å². The molecule has 0 aromatic heterocycles. The van der Waals surface area contributed by atoms with Gasteiger partial charge in [0.05, 0.1) is 29.5 Å². The molecule has 0 spiro atoms. The molecule has 2 amide bonds. The molecule has 0 unspecified atom stereocenters. The summed E-state index contributed by atoms with van der Waals surface area (Å²) < 4.78 is 43.2. The van der Waals surface area contributed by atoms with Crippen LogP contribution in [0.25, 0.3) is 0 Å². The summed E-state index contributed by atoms with van der Waals surface area (Å²) in [4.78, 5) is 24.6. The summed E-state index contributed by atoms with van der Waals surface area (Å²) in [6.07, 6.45) is 0. The minimum absolute atomic E-state index is 0.00582. The maximum absolute atomic E-state index is 13.2. The number of benzene rings is 2. The molecule has 2 aromatic rings. The number of amides is 2. The summed E-state index contributed by atoms with van der Waals surface area (Å²) >= 11 is 5.92. The van der Waals surface area contributed by atoms with Crippen LogP contribution in [0.2, 0.25) is 5.02 Å². The second-order valence-electron chi connectivity index (χ2n) is 6.99. The van der Waals surface area contributed by atoms with Crippen molar-refractivity contribution >= 4 is 44.6 Å². The average molecular weight is 470 g/mol. The van der Waals surface area contributed by atoms with Crippen LogP contribution in [-0.4, -0.2) is 52.3 Å². The van der Waals surface area contributed by atoms with Gasteiger partial charge in [0.15, 0.2) is 9.84 Å². The van der Waals surface area contributed by atoms with E-state index in [1.54, 1.807) is 12.1 Å². The largest absolute Gasteiger partial charge is 0.383 e. The average Bonchev–Trinajstić information content (AvgIpc) is 2.70. The zero-order valence-corrected chi connectivity index (χ0v) is 18.1. The standard InChI is InChI=1S/C20H21ClFN3O5S/c1-30-7-6-23-19(26)12-3-5-16-17(8-12)25-20(27)18(24-16)11-31(28,29)10-13-2-4-14(22)9-15(13)21/h2-5,8-9,18,24H,6-7,10-11H2,1H3,(H,23,26)(H,25,27)/t18-/m0/s1. The van der Waals surface area contributed by atoms with E-state index in [0.29, 0.717) is 30.1 Å². The lowest BCUT2D eigenvalue weighted by Crippen LogP contribution is -2.43. The van der Waals surface area contributed by atoms with Gasteiger partial charge in [-0.15, -0.1) is 0 Å². The van der Waals surface area contributed by atoms with E-state index >= 15 is 0 Å². The molecular weight excluding hydrogens is 449 g/mol. The van der Waals surface area contributed by atoms with Crippen molar-refractivity contribution in [1.29, 1.82) is 0 Å². The first kappa shape index (κ1) is 23.0. The van der Waals surface area contributed by atoms with Crippen LogP contribution in [0, 0.1) is 5.82 Å². The van der Waals surface area contributed by atoms with Gasteiger partial charge in [0, 0.05) is 24.2 Å². The third kappa shape index (κ3) is 5.93. The summed E-state index contributed by atoms with van der Waals surface area (Å²) in [5.74, 6) is -2.34. The van der Waals surface area contributed by atoms with Crippen molar-refractivity contribution < 1.29 is 27.1 Å². The fourth-order valence-corrected chi connectivity index (χ4v) is 4.96. The van der Waals surface area contributed by atoms with E-state index in [1.165, 1.54) is 19.2 Å². The molecule has 166 valence electrons. The summed E-state index contributed by atoms with van der Waals surface area (Å²) in [6.45, 7) is 0.712. The highest BCUT2D eigenvalue weighted by Crippen LogP contribution is 2.29. The topological polar surface area (TPSA) is 114 Å². The monoisotopic (exact) mass is 469 g/mol. The van der Waals surface area contributed by atoms with Gasteiger partial charge in [-0.3, -0.25) is 9.59 Å². The van der Waals surface area contributed by atoms with Crippen LogP contribution in [0.3, 0.4) is 0 Å². The Bertz CT molecular complexity index is 1110. The smallest absolute Gasteiger partial charge is 0.251 e. The van der Waals surface area contributed by atoms with E-state index < -0.39 is 39.1 Å². The number of ether oxygens (including phenoxy) is 1. The van der Waals surface area contributed by atoms with E-state index in [1.807, 2.05) is 0 Å². The maximum atomic E-state index is 13.2. The van der Waals surface area contributed by atoms with Crippen LogP contribution in [-0.2, 0) is 25.1 Å². The van der Waals surface area contributed by atoms with Gasteiger partial charge in [0.1, 0.15) is 11.9 Å². The lowest BCUT2D eigenvalue weighted by Gasteiger charge is -2.27. The van der Waals surface area contributed by atoms with Crippen LogP contribution < -0.4 is 16.0 Å². The third-order valence-corrected chi connectivity index (χ3v) is 6.53. The molecule has 0 saturated carbocycles. The van der Waals surface area contributed by atoms with E-state index in [9.17, 15) is 22.4 Å². The Kier molecular flexibility index (Phi) is 7.14. The van der Waals surface area contributed by atoms with Crippen molar-refractivity contribution in [2.75, 3.05) is 36.6 Å². The number of halogens is 2. The van der Waals surface area contributed by atoms with Gasteiger partial charge in [-0.05, 0) is 35.9 Å². The van der Waals surface area contributed by atoms with Crippen molar-refractivity contribution in [3.05, 3.63) is 58.4 Å². The Hall–Kier alpha value is -2.69. The number of rotatable bonds is 8. The highest BCUT2D eigenvalue weighted by atomic mass is 35.5. The van der Waals surface area contributed by atoms with Gasteiger partial charge in [-0.25, -0.2) is 12.8 Å². The molecule has 1 heterocycles. The molecule has 31 heavy (non-hydrogen) atoms. The number of hydrogen-bond acceptors (Lipinski definition) is 6. The number of hydrogen-bond donors (Lipinski definition) is 3. The summed E-state index contributed by atoms with van der Waals surface area (Å²) in [7, 11) is -2.22. The fraction of sp³-hybridized carbons (Fsp3) is 0.300. The zero-order chi connectivity index (χ0) is 22.6. The predicted octanol–water partition coefficient (Wildman–Crippen LogP) is 2.20.